The minimum absolute atomic E-state index is 0.152. The van der Waals surface area contributed by atoms with Crippen molar-refractivity contribution in [3.63, 3.8) is 0 Å². The molecule has 0 aliphatic carbocycles. The Morgan fingerprint density at radius 3 is 1.30 bits per heavy atom. The molecule has 11 heteroatoms. The number of halogens is 4. The van der Waals surface area contributed by atoms with Crippen molar-refractivity contribution in [3.05, 3.63) is 116 Å². The molecule has 0 fully saturated rings. The second-order valence-electron chi connectivity index (χ2n) is 7.62. The summed E-state index contributed by atoms with van der Waals surface area (Å²) in [7, 11) is -3.71. The van der Waals surface area contributed by atoms with Gasteiger partial charge in [-0.25, -0.2) is 8.42 Å². The maximum absolute atomic E-state index is 13.0. The van der Waals surface area contributed by atoms with E-state index in [-0.39, 0.29) is 9.79 Å². The number of hydrazone groups is 2. The second-order valence-corrected chi connectivity index (χ2v) is 11.3. The van der Waals surface area contributed by atoms with E-state index in [0.29, 0.717) is 42.6 Å². The SMILES string of the molecule is O=S(=O)(c1ccc(NN=Cc2ccc(Cl)cc2Cl)cc1)c1ccc(N/N=C/c2ccc(Cl)cc2Cl)cc1. The van der Waals surface area contributed by atoms with Gasteiger partial charge >= 0.3 is 0 Å². The van der Waals surface area contributed by atoms with E-state index in [1.807, 2.05) is 0 Å². The maximum Gasteiger partial charge on any atom is 0.206 e. The number of hydrogen-bond donors (Lipinski definition) is 2. The number of nitrogens with zero attached hydrogens (tertiary/aromatic N) is 2. The van der Waals surface area contributed by atoms with Crippen molar-refractivity contribution < 1.29 is 8.42 Å². The Kier molecular flexibility index (Phi) is 8.74. The lowest BCUT2D eigenvalue weighted by molar-refractivity contribution is 0.596. The number of hydrogen-bond acceptors (Lipinski definition) is 6. The summed E-state index contributed by atoms with van der Waals surface area (Å²) in [5, 5.41) is 10.3. The predicted octanol–water partition coefficient (Wildman–Crippen LogP) is 8.03. The second kappa shape index (κ2) is 12.0. The summed E-state index contributed by atoms with van der Waals surface area (Å²) in [6, 6.07) is 22.7. The van der Waals surface area contributed by atoms with Gasteiger partial charge in [-0.1, -0.05) is 58.5 Å². The fraction of sp³-hybridized carbons (Fsp3) is 0. The highest BCUT2D eigenvalue weighted by molar-refractivity contribution is 7.91. The molecule has 0 aliphatic heterocycles. The fourth-order valence-corrected chi connectivity index (χ4v) is 5.29. The maximum atomic E-state index is 13.0. The number of benzene rings is 4. The summed E-state index contributed by atoms with van der Waals surface area (Å²) in [6.45, 7) is 0. The molecule has 2 N–H and O–H groups in total. The van der Waals surface area contributed by atoms with Crippen molar-refractivity contribution in [2.45, 2.75) is 9.79 Å². The first-order chi connectivity index (χ1) is 17.7. The molecule has 188 valence electrons. The Morgan fingerprint density at radius 1 is 0.568 bits per heavy atom. The summed E-state index contributed by atoms with van der Waals surface area (Å²) in [4.78, 5) is 0.303. The van der Waals surface area contributed by atoms with Crippen LogP contribution in [0, 0.1) is 0 Å². The molecule has 4 aromatic rings. The molecule has 0 heterocycles. The highest BCUT2D eigenvalue weighted by Gasteiger charge is 2.17. The van der Waals surface area contributed by atoms with Gasteiger partial charge in [-0.3, -0.25) is 10.9 Å². The molecule has 0 bridgehead atoms. The van der Waals surface area contributed by atoms with Crippen molar-refractivity contribution >= 4 is 80.0 Å². The van der Waals surface area contributed by atoms with Gasteiger partial charge in [-0.15, -0.1) is 0 Å². The van der Waals surface area contributed by atoms with Crippen LogP contribution in [0.2, 0.25) is 20.1 Å². The Balaban J connectivity index is 1.39. The monoisotopic (exact) mass is 590 g/mol. The zero-order valence-corrected chi connectivity index (χ0v) is 22.7. The molecule has 0 atom stereocenters. The molecule has 37 heavy (non-hydrogen) atoms. The average Bonchev–Trinajstić information content (AvgIpc) is 2.87. The van der Waals surface area contributed by atoms with E-state index in [1.54, 1.807) is 73.1 Å². The molecule has 0 saturated carbocycles. The van der Waals surface area contributed by atoms with Crippen LogP contribution in [0.3, 0.4) is 0 Å². The van der Waals surface area contributed by atoms with Crippen LogP contribution >= 0.6 is 46.4 Å². The van der Waals surface area contributed by atoms with Crippen molar-refractivity contribution in [3.8, 4) is 0 Å². The molecule has 0 unspecified atom stereocenters. The lowest BCUT2D eigenvalue weighted by Gasteiger charge is -2.07. The molecular formula is C26H18Cl4N4O2S. The molecular weight excluding hydrogens is 574 g/mol. The predicted molar refractivity (Wildman–Crippen MR) is 154 cm³/mol. The summed E-state index contributed by atoms with van der Waals surface area (Å²) in [6.07, 6.45) is 3.10. The lowest BCUT2D eigenvalue weighted by atomic mass is 10.2. The summed E-state index contributed by atoms with van der Waals surface area (Å²) in [5.41, 5.74) is 8.29. The van der Waals surface area contributed by atoms with Gasteiger partial charge in [0, 0.05) is 21.2 Å². The van der Waals surface area contributed by atoms with Crippen LogP contribution in [0.1, 0.15) is 11.1 Å². The smallest absolute Gasteiger partial charge is 0.206 e. The summed E-state index contributed by atoms with van der Waals surface area (Å²) in [5.74, 6) is 0. The molecule has 4 aromatic carbocycles. The quantitative estimate of drug-likeness (QED) is 0.160. The first-order valence-corrected chi connectivity index (χ1v) is 13.7. The van der Waals surface area contributed by atoms with Gasteiger partial charge in [0.1, 0.15) is 0 Å². The van der Waals surface area contributed by atoms with Crippen molar-refractivity contribution in [1.29, 1.82) is 0 Å². The van der Waals surface area contributed by atoms with E-state index in [2.05, 4.69) is 21.1 Å². The van der Waals surface area contributed by atoms with Crippen LogP contribution in [-0.4, -0.2) is 20.8 Å². The molecule has 0 spiro atoms. The lowest BCUT2D eigenvalue weighted by Crippen LogP contribution is -2.02. The van der Waals surface area contributed by atoms with Gasteiger partial charge in [0.25, 0.3) is 0 Å². The van der Waals surface area contributed by atoms with Gasteiger partial charge in [-0.2, -0.15) is 10.2 Å². The normalized spacial score (nSPS) is 11.8. The Bertz CT molecular complexity index is 1460. The Hall–Kier alpha value is -3.07. The van der Waals surface area contributed by atoms with Gasteiger partial charge in [0.2, 0.25) is 9.84 Å². The molecule has 0 saturated heterocycles. The number of rotatable bonds is 8. The molecule has 0 radical (unpaired) electrons. The minimum Gasteiger partial charge on any atom is -0.279 e. The van der Waals surface area contributed by atoms with Crippen molar-refractivity contribution in [1.82, 2.24) is 0 Å². The van der Waals surface area contributed by atoms with Crippen molar-refractivity contribution in [2.24, 2.45) is 10.2 Å². The van der Waals surface area contributed by atoms with E-state index in [0.717, 1.165) is 0 Å². The zero-order chi connectivity index (χ0) is 26.4. The Labute approximate surface area is 234 Å². The van der Waals surface area contributed by atoms with Crippen molar-refractivity contribution in [2.75, 3.05) is 10.9 Å². The standard InChI is InChI=1S/C26H18Cl4N4O2S/c27-19-3-1-17(25(29)13-19)15-31-33-21-5-9-23(10-6-21)37(35,36)24-11-7-22(8-12-24)34-32-16-18-2-4-20(28)14-26(18)30/h1-16,33-34H/b31-15+,32-16?. The van der Waals surface area contributed by atoms with E-state index in [4.69, 9.17) is 46.4 Å². The van der Waals surface area contributed by atoms with Crippen LogP contribution in [0.15, 0.2) is 105 Å². The molecule has 0 aliphatic rings. The van der Waals surface area contributed by atoms with Crippen LogP contribution in [0.4, 0.5) is 11.4 Å². The van der Waals surface area contributed by atoms with Gasteiger partial charge in [0.15, 0.2) is 0 Å². The van der Waals surface area contributed by atoms with Crippen LogP contribution < -0.4 is 10.9 Å². The molecule has 4 rings (SSSR count). The van der Waals surface area contributed by atoms with E-state index >= 15 is 0 Å². The van der Waals surface area contributed by atoms with E-state index in [1.165, 1.54) is 24.3 Å². The van der Waals surface area contributed by atoms with Gasteiger partial charge in [-0.05, 0) is 72.8 Å². The third-order valence-corrected chi connectivity index (χ3v) is 7.96. The topological polar surface area (TPSA) is 82.9 Å². The van der Waals surface area contributed by atoms with Gasteiger partial charge in [0.05, 0.1) is 43.6 Å². The summed E-state index contributed by atoms with van der Waals surface area (Å²) >= 11 is 24.0. The molecule has 6 nitrogen and oxygen atoms in total. The largest absolute Gasteiger partial charge is 0.279 e. The zero-order valence-electron chi connectivity index (χ0n) is 18.9. The number of anilines is 2. The Morgan fingerprint density at radius 2 is 0.946 bits per heavy atom. The van der Waals surface area contributed by atoms with Crippen LogP contribution in [0.5, 0.6) is 0 Å². The third kappa shape index (κ3) is 7.03. The molecule has 0 aromatic heterocycles. The highest BCUT2D eigenvalue weighted by Crippen LogP contribution is 2.25. The number of sulfone groups is 1. The fourth-order valence-electron chi connectivity index (χ4n) is 3.12. The highest BCUT2D eigenvalue weighted by atomic mass is 35.5. The average molecular weight is 592 g/mol. The molecule has 0 amide bonds. The number of nitrogens with one attached hydrogen (secondary N) is 2. The van der Waals surface area contributed by atoms with Crippen LogP contribution in [-0.2, 0) is 9.84 Å². The summed E-state index contributed by atoms with van der Waals surface area (Å²) < 4.78 is 26.1. The first kappa shape index (κ1) is 27.0. The van der Waals surface area contributed by atoms with E-state index in [9.17, 15) is 8.42 Å². The first-order valence-electron chi connectivity index (χ1n) is 10.7. The third-order valence-electron chi connectivity index (χ3n) is 5.05. The minimum atomic E-state index is -3.71. The van der Waals surface area contributed by atoms with Gasteiger partial charge < -0.3 is 0 Å². The van der Waals surface area contributed by atoms with Crippen LogP contribution in [0.25, 0.3) is 0 Å². The van der Waals surface area contributed by atoms with E-state index < -0.39 is 9.84 Å².